The van der Waals surface area contributed by atoms with Crippen molar-refractivity contribution in [2.75, 3.05) is 24.3 Å². The molecule has 2 amide bonds. The van der Waals surface area contributed by atoms with Crippen LogP contribution in [0.25, 0.3) is 0 Å². The van der Waals surface area contributed by atoms with Crippen molar-refractivity contribution in [3.63, 3.8) is 0 Å². The molecule has 0 bridgehead atoms. The van der Waals surface area contributed by atoms with Crippen LogP contribution >= 0.6 is 0 Å². The minimum atomic E-state index is -0.681. The van der Waals surface area contributed by atoms with Gasteiger partial charge in [-0.2, -0.15) is 0 Å². The van der Waals surface area contributed by atoms with Gasteiger partial charge in [-0.1, -0.05) is 0 Å². The zero-order valence-electron chi connectivity index (χ0n) is 12.0. The van der Waals surface area contributed by atoms with E-state index in [1.165, 1.54) is 0 Å². The predicted octanol–water partition coefficient (Wildman–Crippen LogP) is 1.34. The molecule has 0 aliphatic carbocycles. The Balaban J connectivity index is 1.86. The first kappa shape index (κ1) is 14.6. The summed E-state index contributed by atoms with van der Waals surface area (Å²) in [7, 11) is 3.86. The second-order valence-corrected chi connectivity index (χ2v) is 4.77. The molecule has 0 radical (unpaired) electrons. The number of aromatic amines is 1. The molecule has 6 nitrogen and oxygen atoms in total. The number of nitrogens with zero attached hydrogens (tertiary/aromatic N) is 1. The third-order valence-corrected chi connectivity index (χ3v) is 2.95. The third kappa shape index (κ3) is 4.10. The van der Waals surface area contributed by atoms with Gasteiger partial charge in [-0.3, -0.25) is 9.59 Å². The van der Waals surface area contributed by atoms with Crippen LogP contribution in [0.4, 0.5) is 11.4 Å². The molecule has 0 saturated heterocycles. The topological polar surface area (TPSA) is 77.2 Å². The molecule has 2 rings (SSSR count). The van der Waals surface area contributed by atoms with Crippen LogP contribution in [-0.4, -0.2) is 30.9 Å². The number of carbonyl (C=O) groups is 2. The van der Waals surface area contributed by atoms with Crippen molar-refractivity contribution in [3.8, 4) is 0 Å². The average molecular weight is 286 g/mol. The van der Waals surface area contributed by atoms with E-state index in [2.05, 4.69) is 15.6 Å². The van der Waals surface area contributed by atoms with Crippen molar-refractivity contribution in [3.05, 3.63) is 48.3 Å². The van der Waals surface area contributed by atoms with Crippen LogP contribution in [0.1, 0.15) is 5.69 Å². The molecule has 0 saturated carbocycles. The number of hydrogen-bond donors (Lipinski definition) is 3. The fraction of sp³-hybridized carbons (Fsp3) is 0.200. The lowest BCUT2D eigenvalue weighted by molar-refractivity contribution is -0.136. The molecule has 6 heteroatoms. The third-order valence-electron chi connectivity index (χ3n) is 2.95. The molecule has 0 fully saturated rings. The molecular weight excluding hydrogens is 268 g/mol. The van der Waals surface area contributed by atoms with Gasteiger partial charge in [-0.05, 0) is 36.4 Å². The highest BCUT2D eigenvalue weighted by atomic mass is 16.2. The quantitative estimate of drug-likeness (QED) is 0.742. The van der Waals surface area contributed by atoms with Crippen molar-refractivity contribution in [1.29, 1.82) is 0 Å². The highest BCUT2D eigenvalue weighted by Crippen LogP contribution is 2.15. The number of hydrogen-bond acceptors (Lipinski definition) is 3. The number of anilines is 2. The summed E-state index contributed by atoms with van der Waals surface area (Å²) in [5.74, 6) is -1.35. The summed E-state index contributed by atoms with van der Waals surface area (Å²) >= 11 is 0. The second kappa shape index (κ2) is 6.60. The van der Waals surface area contributed by atoms with Gasteiger partial charge in [0.2, 0.25) is 0 Å². The lowest BCUT2D eigenvalue weighted by Crippen LogP contribution is -2.35. The number of amides is 2. The van der Waals surface area contributed by atoms with Gasteiger partial charge in [0.05, 0.1) is 6.54 Å². The van der Waals surface area contributed by atoms with E-state index in [4.69, 9.17) is 0 Å². The van der Waals surface area contributed by atoms with Crippen molar-refractivity contribution >= 4 is 23.2 Å². The molecule has 0 spiro atoms. The number of rotatable bonds is 4. The van der Waals surface area contributed by atoms with Crippen molar-refractivity contribution < 1.29 is 9.59 Å². The normalized spacial score (nSPS) is 10.0. The van der Waals surface area contributed by atoms with E-state index < -0.39 is 11.8 Å². The molecule has 3 N–H and O–H groups in total. The summed E-state index contributed by atoms with van der Waals surface area (Å²) < 4.78 is 0. The minimum absolute atomic E-state index is 0.290. The Labute approximate surface area is 123 Å². The Morgan fingerprint density at radius 2 is 1.81 bits per heavy atom. The summed E-state index contributed by atoms with van der Waals surface area (Å²) in [4.78, 5) is 28.3. The highest BCUT2D eigenvalue weighted by molar-refractivity contribution is 6.39. The fourth-order valence-electron chi connectivity index (χ4n) is 1.76. The van der Waals surface area contributed by atoms with Crippen LogP contribution in [-0.2, 0) is 16.1 Å². The fourth-order valence-corrected chi connectivity index (χ4v) is 1.76. The van der Waals surface area contributed by atoms with Crippen LogP contribution in [0, 0.1) is 0 Å². The maximum absolute atomic E-state index is 11.7. The molecule has 110 valence electrons. The van der Waals surface area contributed by atoms with Crippen LogP contribution in [0.5, 0.6) is 0 Å². The second-order valence-electron chi connectivity index (χ2n) is 4.77. The van der Waals surface area contributed by atoms with Crippen molar-refractivity contribution in [2.45, 2.75) is 6.54 Å². The molecule has 21 heavy (non-hydrogen) atoms. The summed E-state index contributed by atoms with van der Waals surface area (Å²) in [6, 6.07) is 10.9. The van der Waals surface area contributed by atoms with Crippen molar-refractivity contribution in [2.24, 2.45) is 0 Å². The molecule has 0 aliphatic heterocycles. The Morgan fingerprint density at radius 3 is 2.38 bits per heavy atom. The summed E-state index contributed by atoms with van der Waals surface area (Å²) in [6.07, 6.45) is 1.76. The summed E-state index contributed by atoms with van der Waals surface area (Å²) in [5, 5.41) is 5.10. The van der Waals surface area contributed by atoms with Gasteiger partial charge in [0.15, 0.2) is 0 Å². The van der Waals surface area contributed by atoms with Crippen LogP contribution < -0.4 is 15.5 Å². The van der Waals surface area contributed by atoms with Crippen LogP contribution in [0.15, 0.2) is 42.6 Å². The summed E-state index contributed by atoms with van der Waals surface area (Å²) in [6.45, 7) is 0.290. The predicted molar refractivity (Wildman–Crippen MR) is 82.0 cm³/mol. The van der Waals surface area contributed by atoms with Gasteiger partial charge in [0, 0.05) is 37.4 Å². The van der Waals surface area contributed by atoms with E-state index >= 15 is 0 Å². The summed E-state index contributed by atoms with van der Waals surface area (Å²) in [5.41, 5.74) is 2.44. The first-order chi connectivity index (χ1) is 10.1. The SMILES string of the molecule is CN(C)c1ccc(NC(=O)C(=O)NCc2ccc[nH]2)cc1. The molecule has 1 heterocycles. The Bertz CT molecular complexity index is 603. The molecule has 0 unspecified atom stereocenters. The lowest BCUT2D eigenvalue weighted by Gasteiger charge is -2.13. The van der Waals surface area contributed by atoms with Gasteiger partial charge in [-0.15, -0.1) is 0 Å². The van der Waals surface area contributed by atoms with E-state index in [1.54, 1.807) is 18.3 Å². The van der Waals surface area contributed by atoms with Crippen LogP contribution in [0.3, 0.4) is 0 Å². The van der Waals surface area contributed by atoms with Gasteiger partial charge in [0.25, 0.3) is 0 Å². The van der Waals surface area contributed by atoms with E-state index in [0.717, 1.165) is 11.4 Å². The lowest BCUT2D eigenvalue weighted by atomic mass is 10.2. The first-order valence-electron chi connectivity index (χ1n) is 6.55. The van der Waals surface area contributed by atoms with Gasteiger partial charge < -0.3 is 20.5 Å². The number of H-pyrrole nitrogens is 1. The largest absolute Gasteiger partial charge is 0.378 e. The molecule has 0 atom stereocenters. The molecule has 1 aromatic heterocycles. The number of nitrogens with one attached hydrogen (secondary N) is 3. The van der Waals surface area contributed by atoms with E-state index in [9.17, 15) is 9.59 Å². The number of benzene rings is 1. The smallest absolute Gasteiger partial charge is 0.313 e. The molecule has 1 aromatic carbocycles. The highest BCUT2D eigenvalue weighted by Gasteiger charge is 2.13. The van der Waals surface area contributed by atoms with Gasteiger partial charge in [0.1, 0.15) is 0 Å². The molecule has 0 aliphatic rings. The Kier molecular flexibility index (Phi) is 4.61. The Morgan fingerprint density at radius 1 is 1.10 bits per heavy atom. The van der Waals surface area contributed by atoms with Crippen molar-refractivity contribution in [1.82, 2.24) is 10.3 Å². The minimum Gasteiger partial charge on any atom is -0.378 e. The Hall–Kier alpha value is -2.76. The molecular formula is C15H18N4O2. The molecule has 2 aromatic rings. The number of carbonyl (C=O) groups excluding carboxylic acids is 2. The number of aromatic nitrogens is 1. The first-order valence-corrected chi connectivity index (χ1v) is 6.55. The zero-order chi connectivity index (χ0) is 15.2. The zero-order valence-corrected chi connectivity index (χ0v) is 12.0. The maximum Gasteiger partial charge on any atom is 0.313 e. The maximum atomic E-state index is 11.7. The van der Waals surface area contributed by atoms with Gasteiger partial charge in [-0.25, -0.2) is 0 Å². The van der Waals surface area contributed by atoms with Crippen LogP contribution in [0.2, 0.25) is 0 Å². The average Bonchev–Trinajstić information content (AvgIpc) is 2.98. The van der Waals surface area contributed by atoms with E-state index in [1.807, 2.05) is 43.3 Å². The monoisotopic (exact) mass is 286 g/mol. The van der Waals surface area contributed by atoms with Gasteiger partial charge >= 0.3 is 11.8 Å². The standard InChI is InChI=1S/C15H18N4O2/c1-19(2)13-7-5-11(6-8-13)18-15(21)14(20)17-10-12-4-3-9-16-12/h3-9,16H,10H2,1-2H3,(H,17,20)(H,18,21). The van der Waals surface area contributed by atoms with E-state index in [-0.39, 0.29) is 0 Å². The van der Waals surface area contributed by atoms with E-state index in [0.29, 0.717) is 12.2 Å².